The van der Waals surface area contributed by atoms with Crippen molar-refractivity contribution in [1.82, 2.24) is 5.43 Å². The molecule has 0 unspecified atom stereocenters. The summed E-state index contributed by atoms with van der Waals surface area (Å²) in [5, 5.41) is 13.2. The number of carboxylic acid groups (broad SMARTS) is 1. The summed E-state index contributed by atoms with van der Waals surface area (Å²) >= 11 is 11.7. The van der Waals surface area contributed by atoms with Crippen molar-refractivity contribution in [1.29, 1.82) is 0 Å². The quantitative estimate of drug-likeness (QED) is 0.662. The molecule has 112 valence electrons. The minimum atomic E-state index is -1.01. The molecule has 22 heavy (non-hydrogen) atoms. The van der Waals surface area contributed by atoms with Crippen LogP contribution in [-0.2, 0) is 0 Å². The van der Waals surface area contributed by atoms with E-state index in [4.69, 9.17) is 28.3 Å². The molecule has 2 N–H and O–H groups in total. The zero-order valence-corrected chi connectivity index (χ0v) is 12.6. The highest BCUT2D eigenvalue weighted by atomic mass is 35.5. The lowest BCUT2D eigenvalue weighted by Gasteiger charge is -2.02. The summed E-state index contributed by atoms with van der Waals surface area (Å²) in [4.78, 5) is 22.6. The number of carboxylic acids is 1. The van der Waals surface area contributed by atoms with E-state index in [1.807, 2.05) is 0 Å². The Balaban J connectivity index is 2.02. The van der Waals surface area contributed by atoms with Crippen LogP contribution < -0.4 is 5.43 Å². The zero-order valence-electron chi connectivity index (χ0n) is 11.1. The van der Waals surface area contributed by atoms with Crippen LogP contribution in [0.1, 0.15) is 26.3 Å². The van der Waals surface area contributed by atoms with Crippen LogP contribution in [0.3, 0.4) is 0 Å². The first-order valence-corrected chi connectivity index (χ1v) is 6.85. The maximum Gasteiger partial charge on any atom is 0.335 e. The molecule has 1 amide bonds. The highest BCUT2D eigenvalue weighted by molar-refractivity contribution is 6.36. The lowest BCUT2D eigenvalue weighted by atomic mass is 10.1. The van der Waals surface area contributed by atoms with E-state index in [0.717, 1.165) is 0 Å². The van der Waals surface area contributed by atoms with Crippen LogP contribution >= 0.6 is 23.2 Å². The van der Waals surface area contributed by atoms with E-state index < -0.39 is 11.9 Å². The van der Waals surface area contributed by atoms with Crippen molar-refractivity contribution in [2.24, 2.45) is 5.10 Å². The summed E-state index contributed by atoms with van der Waals surface area (Å²) in [7, 11) is 0. The molecule has 0 aliphatic heterocycles. The number of hydrazone groups is 1. The predicted octanol–water partition coefficient (Wildman–Crippen LogP) is 3.46. The number of carbonyl (C=O) groups excluding carboxylic acids is 1. The lowest BCUT2D eigenvalue weighted by Crippen LogP contribution is -2.18. The second-order valence-corrected chi connectivity index (χ2v) is 5.09. The van der Waals surface area contributed by atoms with Crippen LogP contribution in [-0.4, -0.2) is 23.2 Å². The first kappa shape index (κ1) is 16.0. The number of carbonyl (C=O) groups is 2. The first-order chi connectivity index (χ1) is 10.5. The van der Waals surface area contributed by atoms with Gasteiger partial charge in [-0.1, -0.05) is 35.3 Å². The van der Waals surface area contributed by atoms with Gasteiger partial charge in [0.25, 0.3) is 5.91 Å². The van der Waals surface area contributed by atoms with Gasteiger partial charge in [0.2, 0.25) is 0 Å². The summed E-state index contributed by atoms with van der Waals surface area (Å²) in [6.07, 6.45) is 1.40. The Hall–Kier alpha value is -2.37. The molecule has 2 aromatic rings. The van der Waals surface area contributed by atoms with Crippen LogP contribution in [0.15, 0.2) is 47.6 Å². The predicted molar refractivity (Wildman–Crippen MR) is 84.9 cm³/mol. The molecular formula is C15H10Cl2N2O3. The molecule has 0 bridgehead atoms. The number of hydrogen-bond donors (Lipinski definition) is 2. The largest absolute Gasteiger partial charge is 0.478 e. The highest BCUT2D eigenvalue weighted by Gasteiger charge is 2.09. The van der Waals surface area contributed by atoms with E-state index in [0.29, 0.717) is 10.6 Å². The maximum absolute atomic E-state index is 11.9. The van der Waals surface area contributed by atoms with E-state index in [1.54, 1.807) is 18.2 Å². The summed E-state index contributed by atoms with van der Waals surface area (Å²) in [5.41, 5.74) is 3.41. The second kappa shape index (κ2) is 7.06. The average Bonchev–Trinajstić information content (AvgIpc) is 2.47. The second-order valence-electron chi connectivity index (χ2n) is 4.25. The van der Waals surface area contributed by atoms with Gasteiger partial charge in [-0.05, 0) is 35.9 Å². The Morgan fingerprint density at radius 3 is 2.36 bits per heavy atom. The van der Waals surface area contributed by atoms with Crippen LogP contribution in [0.2, 0.25) is 10.0 Å². The molecule has 2 aromatic carbocycles. The number of hydrogen-bond acceptors (Lipinski definition) is 3. The van der Waals surface area contributed by atoms with Crippen molar-refractivity contribution >= 4 is 41.3 Å². The van der Waals surface area contributed by atoms with E-state index in [-0.39, 0.29) is 16.1 Å². The van der Waals surface area contributed by atoms with Crippen molar-refractivity contribution in [3.63, 3.8) is 0 Å². The van der Waals surface area contributed by atoms with Crippen LogP contribution in [0.25, 0.3) is 0 Å². The molecule has 0 saturated carbocycles. The molecule has 2 rings (SSSR count). The fraction of sp³-hybridized carbons (Fsp3) is 0. The number of nitrogens with one attached hydrogen (secondary N) is 1. The molecular weight excluding hydrogens is 327 g/mol. The lowest BCUT2D eigenvalue weighted by molar-refractivity contribution is 0.0696. The van der Waals surface area contributed by atoms with Gasteiger partial charge in [-0.2, -0.15) is 5.10 Å². The Labute approximate surface area is 136 Å². The van der Waals surface area contributed by atoms with E-state index >= 15 is 0 Å². The van der Waals surface area contributed by atoms with E-state index in [2.05, 4.69) is 10.5 Å². The molecule has 7 heteroatoms. The van der Waals surface area contributed by atoms with Crippen molar-refractivity contribution in [3.8, 4) is 0 Å². The average molecular weight is 337 g/mol. The topological polar surface area (TPSA) is 78.8 Å². The normalized spacial score (nSPS) is 10.6. The molecule has 0 radical (unpaired) electrons. The monoisotopic (exact) mass is 336 g/mol. The molecule has 0 aromatic heterocycles. The number of aromatic carboxylic acids is 1. The fourth-order valence-electron chi connectivity index (χ4n) is 1.61. The number of rotatable bonds is 4. The third kappa shape index (κ3) is 4.07. The summed E-state index contributed by atoms with van der Waals surface area (Å²) in [5.74, 6) is -1.48. The third-order valence-electron chi connectivity index (χ3n) is 2.71. The van der Waals surface area contributed by atoms with Gasteiger partial charge in [0.15, 0.2) is 0 Å². The minimum Gasteiger partial charge on any atom is -0.478 e. The number of amides is 1. The van der Waals surface area contributed by atoms with Crippen molar-refractivity contribution in [3.05, 3.63) is 69.2 Å². The molecule has 0 fully saturated rings. The zero-order chi connectivity index (χ0) is 16.1. The summed E-state index contributed by atoms with van der Waals surface area (Å²) in [6, 6.07) is 10.6. The first-order valence-electron chi connectivity index (χ1n) is 6.09. The Morgan fingerprint density at radius 1 is 1.09 bits per heavy atom. The molecule has 0 aliphatic carbocycles. The Bertz CT molecular complexity index is 743. The molecule has 5 nitrogen and oxygen atoms in total. The smallest absolute Gasteiger partial charge is 0.335 e. The summed E-state index contributed by atoms with van der Waals surface area (Å²) < 4.78 is 0. The van der Waals surface area contributed by atoms with Gasteiger partial charge in [-0.25, -0.2) is 10.2 Å². The van der Waals surface area contributed by atoms with Gasteiger partial charge in [-0.3, -0.25) is 4.79 Å². The van der Waals surface area contributed by atoms with Gasteiger partial charge in [0.1, 0.15) is 0 Å². The summed E-state index contributed by atoms with van der Waals surface area (Å²) in [6.45, 7) is 0. The Kier molecular flexibility index (Phi) is 5.14. The van der Waals surface area contributed by atoms with Crippen LogP contribution in [0.4, 0.5) is 0 Å². The minimum absolute atomic E-state index is 0.175. The third-order valence-corrected chi connectivity index (χ3v) is 3.26. The number of nitrogens with zero attached hydrogens (tertiary/aromatic N) is 1. The van der Waals surface area contributed by atoms with Crippen LogP contribution in [0.5, 0.6) is 0 Å². The standard InChI is InChI=1S/C15H10Cl2N2O3/c16-11-5-6-12(13(17)7-11)14(20)19-18-8-9-1-3-10(4-2-9)15(21)22/h1-8H,(H,19,20)(H,21,22)/b18-8+. The molecule has 0 atom stereocenters. The highest BCUT2D eigenvalue weighted by Crippen LogP contribution is 2.20. The fourth-order valence-corrected chi connectivity index (χ4v) is 2.11. The molecule has 0 saturated heterocycles. The van der Waals surface area contributed by atoms with E-state index in [9.17, 15) is 9.59 Å². The van der Waals surface area contributed by atoms with E-state index in [1.165, 1.54) is 30.5 Å². The maximum atomic E-state index is 11.9. The SMILES string of the molecule is O=C(O)c1ccc(/C=N/NC(=O)c2ccc(Cl)cc2Cl)cc1. The van der Waals surface area contributed by atoms with Crippen LogP contribution in [0, 0.1) is 0 Å². The Morgan fingerprint density at radius 2 is 1.77 bits per heavy atom. The number of benzene rings is 2. The van der Waals surface area contributed by atoms with Gasteiger partial charge in [0, 0.05) is 5.02 Å². The van der Waals surface area contributed by atoms with Gasteiger partial charge < -0.3 is 5.11 Å². The van der Waals surface area contributed by atoms with Crippen molar-refractivity contribution in [2.75, 3.05) is 0 Å². The molecule has 0 spiro atoms. The van der Waals surface area contributed by atoms with Crippen molar-refractivity contribution < 1.29 is 14.7 Å². The van der Waals surface area contributed by atoms with Gasteiger partial charge in [-0.15, -0.1) is 0 Å². The number of halogens is 2. The van der Waals surface area contributed by atoms with Gasteiger partial charge >= 0.3 is 5.97 Å². The van der Waals surface area contributed by atoms with Crippen molar-refractivity contribution in [2.45, 2.75) is 0 Å². The molecule has 0 aliphatic rings. The molecule has 0 heterocycles. The van der Waals surface area contributed by atoms with Gasteiger partial charge in [0.05, 0.1) is 22.4 Å².